The molecule has 160 valence electrons. The van der Waals surface area contributed by atoms with E-state index in [2.05, 4.69) is 10.3 Å². The van der Waals surface area contributed by atoms with E-state index in [1.807, 2.05) is 11.0 Å². The van der Waals surface area contributed by atoms with Crippen LogP contribution in [0.1, 0.15) is 32.1 Å². The number of piperazine rings is 1. The minimum absolute atomic E-state index is 0.151. The maximum atomic E-state index is 12.9. The first-order valence-electron chi connectivity index (χ1n) is 9.65. The number of rotatable bonds is 5. The highest BCUT2D eigenvalue weighted by atomic mass is 35.5. The van der Waals surface area contributed by atoms with E-state index in [-0.39, 0.29) is 18.4 Å². The van der Waals surface area contributed by atoms with Crippen molar-refractivity contribution in [3.8, 4) is 0 Å². The number of hydrogen-bond donors (Lipinski definition) is 2. The number of ether oxygens (including phenoxy) is 1. The summed E-state index contributed by atoms with van der Waals surface area (Å²) < 4.78 is 4.80. The molecule has 1 saturated heterocycles. The van der Waals surface area contributed by atoms with Crippen LogP contribution in [0.3, 0.4) is 0 Å². The van der Waals surface area contributed by atoms with Gasteiger partial charge in [0, 0.05) is 31.9 Å². The van der Waals surface area contributed by atoms with Gasteiger partial charge in [-0.15, -0.1) is 0 Å². The molecule has 1 aromatic heterocycles. The summed E-state index contributed by atoms with van der Waals surface area (Å²) >= 11 is 6.07. The van der Waals surface area contributed by atoms with Crippen LogP contribution in [0.15, 0.2) is 24.3 Å². The molecule has 2 N–H and O–H groups in total. The first kappa shape index (κ1) is 21.9. The molecule has 2 heterocycles. The van der Waals surface area contributed by atoms with Crippen molar-refractivity contribution in [1.29, 1.82) is 0 Å². The Kier molecular flexibility index (Phi) is 6.79. The smallest absolute Gasteiger partial charge is 0.339 e. The molecule has 30 heavy (non-hydrogen) atoms. The molecule has 0 saturated carbocycles. The highest BCUT2D eigenvalue weighted by molar-refractivity contribution is 6.33. The molecule has 0 radical (unpaired) electrons. The van der Waals surface area contributed by atoms with Crippen LogP contribution in [0, 0.1) is 13.8 Å². The summed E-state index contributed by atoms with van der Waals surface area (Å²) in [5.74, 6) is -0.776. The van der Waals surface area contributed by atoms with Gasteiger partial charge in [-0.1, -0.05) is 23.7 Å². The van der Waals surface area contributed by atoms with E-state index in [0.717, 1.165) is 0 Å². The van der Waals surface area contributed by atoms with Gasteiger partial charge in [0.2, 0.25) is 5.91 Å². The van der Waals surface area contributed by atoms with Crippen molar-refractivity contribution in [3.63, 3.8) is 0 Å². The van der Waals surface area contributed by atoms with Crippen molar-refractivity contribution in [2.75, 3.05) is 45.2 Å². The normalized spacial score (nSPS) is 14.5. The van der Waals surface area contributed by atoms with Crippen molar-refractivity contribution in [2.45, 2.75) is 13.8 Å². The van der Waals surface area contributed by atoms with Gasteiger partial charge in [-0.3, -0.25) is 14.5 Å². The number of anilines is 1. The number of nitrogens with zero attached hydrogens (tertiary/aromatic N) is 2. The first-order chi connectivity index (χ1) is 14.3. The van der Waals surface area contributed by atoms with E-state index >= 15 is 0 Å². The minimum atomic E-state index is -0.463. The molecular formula is C21H25ClN4O4. The molecule has 1 aromatic carbocycles. The summed E-state index contributed by atoms with van der Waals surface area (Å²) in [5, 5.41) is 3.30. The van der Waals surface area contributed by atoms with Crippen LogP contribution in [0.5, 0.6) is 0 Å². The monoisotopic (exact) mass is 432 g/mol. The number of nitrogens with one attached hydrogen (secondary N) is 2. The fraction of sp³-hybridized carbons (Fsp3) is 0.381. The number of methoxy groups -OCH3 is 1. The van der Waals surface area contributed by atoms with Gasteiger partial charge in [0.05, 0.1) is 29.9 Å². The van der Waals surface area contributed by atoms with Crippen molar-refractivity contribution < 1.29 is 19.1 Å². The topological polar surface area (TPSA) is 94.7 Å². The quantitative estimate of drug-likeness (QED) is 0.708. The fourth-order valence-corrected chi connectivity index (χ4v) is 3.78. The second-order valence-corrected chi connectivity index (χ2v) is 7.62. The molecule has 0 unspecified atom stereocenters. The molecule has 1 aliphatic rings. The van der Waals surface area contributed by atoms with Crippen LogP contribution in [-0.4, -0.2) is 72.4 Å². The van der Waals surface area contributed by atoms with Crippen LogP contribution < -0.4 is 5.32 Å². The summed E-state index contributed by atoms with van der Waals surface area (Å²) in [6.45, 7) is 5.82. The lowest BCUT2D eigenvalue weighted by Gasteiger charge is -2.34. The average Bonchev–Trinajstić information content (AvgIpc) is 3.03. The summed E-state index contributed by atoms with van der Waals surface area (Å²) in [6, 6.07) is 7.08. The zero-order chi connectivity index (χ0) is 21.8. The Morgan fingerprint density at radius 1 is 1.13 bits per heavy atom. The van der Waals surface area contributed by atoms with Crippen LogP contribution in [0.2, 0.25) is 5.02 Å². The number of aromatic nitrogens is 1. The minimum Gasteiger partial charge on any atom is -0.465 e. The Hall–Kier alpha value is -2.84. The molecule has 3 rings (SSSR count). The highest BCUT2D eigenvalue weighted by Gasteiger charge is 2.28. The zero-order valence-corrected chi connectivity index (χ0v) is 18.0. The maximum Gasteiger partial charge on any atom is 0.339 e. The van der Waals surface area contributed by atoms with Gasteiger partial charge in [-0.05, 0) is 31.5 Å². The molecule has 8 nitrogen and oxygen atoms in total. The standard InChI is InChI=1S/C21H25ClN4O4/c1-13-18(21(29)30-3)14(2)23-19(13)20(28)26-10-8-25(9-11-26)12-17(27)24-16-7-5-4-6-15(16)22/h4-7,23H,8-12H2,1-3H3,(H,24,27). The fourth-order valence-electron chi connectivity index (χ4n) is 3.59. The van der Waals surface area contributed by atoms with Gasteiger partial charge in [-0.2, -0.15) is 0 Å². The third-order valence-electron chi connectivity index (χ3n) is 5.22. The second-order valence-electron chi connectivity index (χ2n) is 7.21. The van der Waals surface area contributed by atoms with Crippen molar-refractivity contribution >= 4 is 35.1 Å². The number of amides is 2. The molecule has 9 heteroatoms. The molecular weight excluding hydrogens is 408 g/mol. The van der Waals surface area contributed by atoms with Crippen LogP contribution in [-0.2, 0) is 9.53 Å². The number of carbonyl (C=O) groups is 3. The van der Waals surface area contributed by atoms with Crippen LogP contribution in [0.4, 0.5) is 5.69 Å². The maximum absolute atomic E-state index is 12.9. The molecule has 0 bridgehead atoms. The summed E-state index contributed by atoms with van der Waals surface area (Å²) in [6.07, 6.45) is 0. The van der Waals surface area contributed by atoms with E-state index in [1.54, 1.807) is 36.9 Å². The van der Waals surface area contributed by atoms with Crippen LogP contribution >= 0.6 is 11.6 Å². The summed E-state index contributed by atoms with van der Waals surface area (Å²) in [5.41, 5.74) is 2.58. The molecule has 0 spiro atoms. The first-order valence-corrected chi connectivity index (χ1v) is 10.0. The van der Waals surface area contributed by atoms with Crippen molar-refractivity contribution in [3.05, 3.63) is 51.8 Å². The number of esters is 1. The largest absolute Gasteiger partial charge is 0.465 e. The van der Waals surface area contributed by atoms with Gasteiger partial charge in [0.25, 0.3) is 5.91 Å². The Morgan fingerprint density at radius 2 is 1.80 bits per heavy atom. The average molecular weight is 433 g/mol. The Labute approximate surface area is 180 Å². The summed E-state index contributed by atoms with van der Waals surface area (Å²) in [4.78, 5) is 43.9. The Bertz CT molecular complexity index is 964. The van der Waals surface area contributed by atoms with Gasteiger partial charge in [0.1, 0.15) is 5.69 Å². The Morgan fingerprint density at radius 3 is 2.43 bits per heavy atom. The highest BCUT2D eigenvalue weighted by Crippen LogP contribution is 2.22. The van der Waals surface area contributed by atoms with E-state index in [9.17, 15) is 14.4 Å². The van der Waals surface area contributed by atoms with Crippen molar-refractivity contribution in [2.24, 2.45) is 0 Å². The van der Waals surface area contributed by atoms with Crippen LogP contribution in [0.25, 0.3) is 0 Å². The number of carbonyl (C=O) groups excluding carboxylic acids is 3. The molecule has 1 aliphatic heterocycles. The molecule has 2 amide bonds. The lowest BCUT2D eigenvalue weighted by molar-refractivity contribution is -0.117. The zero-order valence-electron chi connectivity index (χ0n) is 17.3. The predicted octanol–water partition coefficient (Wildman–Crippen LogP) is 2.47. The second kappa shape index (κ2) is 9.32. The van der Waals surface area contributed by atoms with Crippen molar-refractivity contribution in [1.82, 2.24) is 14.8 Å². The van der Waals surface area contributed by atoms with Gasteiger partial charge < -0.3 is 19.9 Å². The third kappa shape index (κ3) is 4.66. The molecule has 2 aromatic rings. The summed E-state index contributed by atoms with van der Waals surface area (Å²) in [7, 11) is 1.32. The lowest BCUT2D eigenvalue weighted by atomic mass is 10.1. The molecule has 0 aliphatic carbocycles. The number of halogens is 1. The number of aryl methyl sites for hydroxylation is 1. The SMILES string of the molecule is COC(=O)c1c(C)[nH]c(C(=O)N2CCN(CC(=O)Nc3ccccc3Cl)CC2)c1C. The van der Waals surface area contributed by atoms with E-state index in [0.29, 0.717) is 59.4 Å². The number of para-hydroxylation sites is 1. The van der Waals surface area contributed by atoms with E-state index < -0.39 is 5.97 Å². The van der Waals surface area contributed by atoms with E-state index in [4.69, 9.17) is 16.3 Å². The predicted molar refractivity (Wildman–Crippen MR) is 114 cm³/mol. The van der Waals surface area contributed by atoms with Gasteiger partial charge in [-0.25, -0.2) is 4.79 Å². The molecule has 0 atom stereocenters. The third-order valence-corrected chi connectivity index (χ3v) is 5.55. The van der Waals surface area contributed by atoms with Gasteiger partial charge in [0.15, 0.2) is 0 Å². The Balaban J connectivity index is 1.57. The number of benzene rings is 1. The molecule has 1 fully saturated rings. The number of H-pyrrole nitrogens is 1. The lowest BCUT2D eigenvalue weighted by Crippen LogP contribution is -2.50. The number of aromatic amines is 1. The number of hydrogen-bond acceptors (Lipinski definition) is 5. The van der Waals surface area contributed by atoms with Gasteiger partial charge >= 0.3 is 5.97 Å². The van der Waals surface area contributed by atoms with E-state index in [1.165, 1.54) is 7.11 Å².